The normalized spacial score (nSPS) is 22.3. The predicted octanol–water partition coefficient (Wildman–Crippen LogP) is 5.12. The van der Waals surface area contributed by atoms with E-state index >= 15 is 0 Å². The van der Waals surface area contributed by atoms with Crippen LogP contribution in [0.25, 0.3) is 0 Å². The van der Waals surface area contributed by atoms with Crippen LogP contribution in [0.15, 0.2) is 24.3 Å². The highest BCUT2D eigenvalue weighted by Crippen LogP contribution is 2.35. The Kier molecular flexibility index (Phi) is 6.28. The first-order valence-corrected chi connectivity index (χ1v) is 8.50. The van der Waals surface area contributed by atoms with E-state index in [0.717, 1.165) is 24.2 Å². The molecule has 0 spiro atoms. The van der Waals surface area contributed by atoms with E-state index in [-0.39, 0.29) is 5.92 Å². The number of carbonyl (C=O) groups excluding carboxylic acids is 1. The van der Waals surface area contributed by atoms with Gasteiger partial charge in [0.15, 0.2) is 0 Å². The van der Waals surface area contributed by atoms with Gasteiger partial charge in [-0.3, -0.25) is 4.79 Å². The van der Waals surface area contributed by atoms with Gasteiger partial charge < -0.3 is 4.74 Å². The number of carbonyl (C=O) groups is 1. The second kappa shape index (κ2) is 8.21. The summed E-state index contributed by atoms with van der Waals surface area (Å²) in [4.78, 5) is 12.4. The Labute approximate surface area is 128 Å². The number of hydrogen-bond donors (Lipinski definition) is 0. The Morgan fingerprint density at radius 3 is 2.48 bits per heavy atom. The average molecular weight is 288 g/mol. The molecule has 0 aliphatic heterocycles. The van der Waals surface area contributed by atoms with Gasteiger partial charge in [0.2, 0.25) is 0 Å². The van der Waals surface area contributed by atoms with Crippen molar-refractivity contribution in [1.82, 2.24) is 0 Å². The van der Waals surface area contributed by atoms with E-state index < -0.39 is 0 Å². The van der Waals surface area contributed by atoms with Gasteiger partial charge in [-0.2, -0.15) is 0 Å². The molecule has 1 aliphatic carbocycles. The van der Waals surface area contributed by atoms with Gasteiger partial charge in [-0.1, -0.05) is 44.7 Å². The van der Waals surface area contributed by atoms with E-state index in [0.29, 0.717) is 18.3 Å². The number of benzene rings is 1. The molecule has 0 heterocycles. The number of rotatable bonds is 7. The van der Waals surface area contributed by atoms with Crippen LogP contribution in [-0.2, 0) is 4.79 Å². The molecule has 0 radical (unpaired) electrons. The monoisotopic (exact) mass is 288 g/mol. The quantitative estimate of drug-likeness (QED) is 0.651. The fourth-order valence-electron chi connectivity index (χ4n) is 3.34. The van der Waals surface area contributed by atoms with Crippen LogP contribution in [0, 0.1) is 5.92 Å². The van der Waals surface area contributed by atoms with E-state index in [2.05, 4.69) is 19.1 Å². The molecule has 2 atom stereocenters. The van der Waals surface area contributed by atoms with E-state index in [9.17, 15) is 4.79 Å². The van der Waals surface area contributed by atoms with Crippen molar-refractivity contribution in [3.63, 3.8) is 0 Å². The third-order valence-electron chi connectivity index (χ3n) is 4.55. The van der Waals surface area contributed by atoms with Crippen LogP contribution in [0.5, 0.6) is 5.75 Å². The molecular weight excluding hydrogens is 260 g/mol. The summed E-state index contributed by atoms with van der Waals surface area (Å²) in [6.07, 6.45) is 8.07. The zero-order valence-electron chi connectivity index (χ0n) is 13.4. The van der Waals surface area contributed by atoms with Crippen LogP contribution in [0.3, 0.4) is 0 Å². The smallest absolute Gasteiger partial charge is 0.140 e. The van der Waals surface area contributed by atoms with E-state index in [1.54, 1.807) is 0 Å². The maximum absolute atomic E-state index is 12.4. The van der Waals surface area contributed by atoms with Gasteiger partial charge in [0.1, 0.15) is 11.5 Å². The third kappa shape index (κ3) is 4.59. The molecule has 0 saturated heterocycles. The molecule has 0 N–H and O–H groups in total. The average Bonchev–Trinajstić information content (AvgIpc) is 2.49. The predicted molar refractivity (Wildman–Crippen MR) is 86.8 cm³/mol. The van der Waals surface area contributed by atoms with Crippen molar-refractivity contribution >= 4 is 5.78 Å². The lowest BCUT2D eigenvalue weighted by Crippen LogP contribution is -2.23. The molecule has 1 aromatic carbocycles. The number of Topliss-reactive ketones (excluding diaryl/α,β-unsaturated/α-hetero) is 1. The van der Waals surface area contributed by atoms with Crippen molar-refractivity contribution in [2.45, 2.75) is 64.7 Å². The van der Waals surface area contributed by atoms with Gasteiger partial charge >= 0.3 is 0 Å². The topological polar surface area (TPSA) is 26.3 Å². The molecule has 0 unspecified atom stereocenters. The Hall–Kier alpha value is -1.31. The molecule has 1 fully saturated rings. The molecule has 2 nitrogen and oxygen atoms in total. The highest BCUT2D eigenvalue weighted by atomic mass is 16.5. The second-order valence-electron chi connectivity index (χ2n) is 6.16. The van der Waals surface area contributed by atoms with Crippen molar-refractivity contribution < 1.29 is 9.53 Å². The van der Waals surface area contributed by atoms with Crippen molar-refractivity contribution in [3.05, 3.63) is 29.8 Å². The van der Waals surface area contributed by atoms with Crippen LogP contribution in [0.2, 0.25) is 0 Å². The zero-order chi connectivity index (χ0) is 15.1. The first-order valence-electron chi connectivity index (χ1n) is 8.50. The maximum atomic E-state index is 12.4. The summed E-state index contributed by atoms with van der Waals surface area (Å²) in [7, 11) is 0. The molecule has 0 aromatic heterocycles. The van der Waals surface area contributed by atoms with E-state index in [1.165, 1.54) is 32.1 Å². The van der Waals surface area contributed by atoms with Crippen LogP contribution in [0.4, 0.5) is 0 Å². The van der Waals surface area contributed by atoms with Gasteiger partial charge in [-0.25, -0.2) is 0 Å². The number of ketones is 1. The second-order valence-corrected chi connectivity index (χ2v) is 6.16. The molecule has 21 heavy (non-hydrogen) atoms. The van der Waals surface area contributed by atoms with Gasteiger partial charge in [0.05, 0.1) is 6.61 Å². The van der Waals surface area contributed by atoms with Crippen molar-refractivity contribution in [2.24, 2.45) is 5.92 Å². The summed E-state index contributed by atoms with van der Waals surface area (Å²) in [6, 6.07) is 8.09. The summed E-state index contributed by atoms with van der Waals surface area (Å²) in [5.74, 6) is 2.07. The van der Waals surface area contributed by atoms with E-state index in [4.69, 9.17) is 4.74 Å². The standard InChI is InChI=1S/C19H28O2/c1-3-5-6-7-15-8-13-18(19(20)14-15)16-9-11-17(12-10-16)21-4-2/h9-12,15,18H,3-8,13-14H2,1-2H3/t15-,18+/m0/s1. The summed E-state index contributed by atoms with van der Waals surface area (Å²) >= 11 is 0. The fourth-order valence-corrected chi connectivity index (χ4v) is 3.34. The lowest BCUT2D eigenvalue weighted by molar-refractivity contribution is -0.123. The summed E-state index contributed by atoms with van der Waals surface area (Å²) < 4.78 is 5.46. The Balaban J connectivity index is 1.89. The lowest BCUT2D eigenvalue weighted by atomic mass is 9.76. The molecule has 2 rings (SSSR count). The molecule has 1 aromatic rings. The van der Waals surface area contributed by atoms with Gasteiger partial charge in [0.25, 0.3) is 0 Å². The number of hydrogen-bond acceptors (Lipinski definition) is 2. The first kappa shape index (κ1) is 16.1. The van der Waals surface area contributed by atoms with Gasteiger partial charge in [-0.05, 0) is 43.4 Å². The Bertz CT molecular complexity index is 435. The van der Waals surface area contributed by atoms with E-state index in [1.807, 2.05) is 19.1 Å². The van der Waals surface area contributed by atoms with Gasteiger partial charge in [-0.15, -0.1) is 0 Å². The summed E-state index contributed by atoms with van der Waals surface area (Å²) in [6.45, 7) is 4.90. The highest BCUT2D eigenvalue weighted by molar-refractivity contribution is 5.86. The third-order valence-corrected chi connectivity index (χ3v) is 4.55. The summed E-state index contributed by atoms with van der Waals surface area (Å²) in [5, 5.41) is 0. The molecule has 0 amide bonds. The number of ether oxygens (including phenoxy) is 1. The lowest BCUT2D eigenvalue weighted by Gasteiger charge is -2.27. The van der Waals surface area contributed by atoms with Crippen molar-refractivity contribution in [3.8, 4) is 5.75 Å². The molecule has 2 heteroatoms. The minimum absolute atomic E-state index is 0.114. The molecular formula is C19H28O2. The minimum Gasteiger partial charge on any atom is -0.494 e. The number of unbranched alkanes of at least 4 members (excludes halogenated alkanes) is 2. The molecule has 1 saturated carbocycles. The van der Waals surface area contributed by atoms with Crippen LogP contribution >= 0.6 is 0 Å². The largest absolute Gasteiger partial charge is 0.494 e. The highest BCUT2D eigenvalue weighted by Gasteiger charge is 2.29. The minimum atomic E-state index is 0.114. The Morgan fingerprint density at radius 1 is 1.10 bits per heavy atom. The van der Waals surface area contributed by atoms with Crippen molar-refractivity contribution in [2.75, 3.05) is 6.61 Å². The van der Waals surface area contributed by atoms with Crippen LogP contribution in [0.1, 0.15) is 70.3 Å². The maximum Gasteiger partial charge on any atom is 0.140 e. The SMILES string of the molecule is CCCCC[C@H]1CC[C@H](c2ccc(OCC)cc2)C(=O)C1. The van der Waals surface area contributed by atoms with Crippen LogP contribution in [-0.4, -0.2) is 12.4 Å². The zero-order valence-corrected chi connectivity index (χ0v) is 13.4. The Morgan fingerprint density at radius 2 is 1.86 bits per heavy atom. The molecule has 116 valence electrons. The fraction of sp³-hybridized carbons (Fsp3) is 0.632. The van der Waals surface area contributed by atoms with Gasteiger partial charge in [0, 0.05) is 12.3 Å². The first-order chi connectivity index (χ1) is 10.2. The van der Waals surface area contributed by atoms with Crippen LogP contribution < -0.4 is 4.74 Å². The summed E-state index contributed by atoms with van der Waals surface area (Å²) in [5.41, 5.74) is 1.16. The van der Waals surface area contributed by atoms with Crippen molar-refractivity contribution in [1.29, 1.82) is 0 Å². The molecule has 0 bridgehead atoms. The molecule has 1 aliphatic rings.